The molecule has 0 aliphatic heterocycles. The van der Waals surface area contributed by atoms with Crippen molar-refractivity contribution in [3.05, 3.63) is 56.5 Å². The SMILES string of the molecule is CCOc1cc(Cl)c(C(=O)c2cc(N)ccc2Cl)cc1Cl. The Morgan fingerprint density at radius 1 is 1.05 bits per heavy atom. The molecule has 2 aromatic carbocycles. The van der Waals surface area contributed by atoms with Gasteiger partial charge in [-0.2, -0.15) is 0 Å². The van der Waals surface area contributed by atoms with Crippen LogP contribution in [0.1, 0.15) is 22.8 Å². The van der Waals surface area contributed by atoms with Gasteiger partial charge in [-0.1, -0.05) is 34.8 Å². The van der Waals surface area contributed by atoms with Crippen LogP contribution in [-0.2, 0) is 0 Å². The van der Waals surface area contributed by atoms with E-state index in [0.29, 0.717) is 28.1 Å². The Hall–Kier alpha value is -1.42. The standard InChI is InChI=1S/C15H12Cl3NO2/c1-2-21-14-7-12(17)10(6-13(14)18)15(20)9-5-8(19)3-4-11(9)16/h3-7H,2,19H2,1H3. The Balaban J connectivity index is 2.49. The Kier molecular flexibility index (Phi) is 4.99. The van der Waals surface area contributed by atoms with Gasteiger partial charge in [0.05, 0.1) is 21.7 Å². The van der Waals surface area contributed by atoms with E-state index in [1.165, 1.54) is 18.2 Å². The number of hydrogen-bond acceptors (Lipinski definition) is 3. The summed E-state index contributed by atoms with van der Waals surface area (Å²) in [5.41, 5.74) is 6.65. The van der Waals surface area contributed by atoms with Gasteiger partial charge in [0.1, 0.15) is 5.75 Å². The molecule has 0 amide bonds. The third-order valence-corrected chi connectivity index (χ3v) is 3.74. The normalized spacial score (nSPS) is 10.5. The molecule has 0 aromatic heterocycles. The zero-order chi connectivity index (χ0) is 15.6. The molecule has 2 N–H and O–H groups in total. The van der Waals surface area contributed by atoms with Gasteiger partial charge in [0.25, 0.3) is 0 Å². The number of nitrogen functional groups attached to an aromatic ring is 1. The van der Waals surface area contributed by atoms with Gasteiger partial charge in [-0.15, -0.1) is 0 Å². The van der Waals surface area contributed by atoms with Gasteiger partial charge in [0.15, 0.2) is 5.78 Å². The van der Waals surface area contributed by atoms with E-state index < -0.39 is 0 Å². The first-order valence-electron chi connectivity index (χ1n) is 6.15. The molecule has 0 heterocycles. The predicted octanol–water partition coefficient (Wildman–Crippen LogP) is 4.86. The number of ketones is 1. The molecule has 0 bridgehead atoms. The smallest absolute Gasteiger partial charge is 0.196 e. The van der Waals surface area contributed by atoms with Crippen molar-refractivity contribution in [2.75, 3.05) is 12.3 Å². The zero-order valence-corrected chi connectivity index (χ0v) is 13.4. The van der Waals surface area contributed by atoms with E-state index in [9.17, 15) is 4.79 Å². The van der Waals surface area contributed by atoms with Crippen molar-refractivity contribution in [1.82, 2.24) is 0 Å². The van der Waals surface area contributed by atoms with Crippen LogP contribution in [0.2, 0.25) is 15.1 Å². The zero-order valence-electron chi connectivity index (χ0n) is 11.1. The summed E-state index contributed by atoms with van der Waals surface area (Å²) in [4.78, 5) is 12.5. The molecule has 0 aliphatic carbocycles. The van der Waals surface area contributed by atoms with Crippen LogP contribution in [0.4, 0.5) is 5.69 Å². The number of anilines is 1. The molecule has 2 aromatic rings. The molecule has 0 spiro atoms. The number of benzene rings is 2. The molecular weight excluding hydrogens is 333 g/mol. The van der Waals surface area contributed by atoms with Crippen LogP contribution in [-0.4, -0.2) is 12.4 Å². The number of carbonyl (C=O) groups excluding carboxylic acids is 1. The number of carbonyl (C=O) groups is 1. The monoisotopic (exact) mass is 343 g/mol. The van der Waals surface area contributed by atoms with Crippen molar-refractivity contribution in [2.45, 2.75) is 6.92 Å². The van der Waals surface area contributed by atoms with Crippen LogP contribution < -0.4 is 10.5 Å². The number of hydrogen-bond donors (Lipinski definition) is 1. The Bertz CT molecular complexity index is 702. The van der Waals surface area contributed by atoms with Crippen molar-refractivity contribution in [1.29, 1.82) is 0 Å². The van der Waals surface area contributed by atoms with Gasteiger partial charge in [0.2, 0.25) is 0 Å². The lowest BCUT2D eigenvalue weighted by Gasteiger charge is -2.10. The van der Waals surface area contributed by atoms with E-state index in [0.717, 1.165) is 0 Å². The predicted molar refractivity (Wildman–Crippen MR) is 86.9 cm³/mol. The minimum atomic E-state index is -0.345. The second-order valence-corrected chi connectivity index (χ2v) is 5.49. The van der Waals surface area contributed by atoms with Crippen LogP contribution >= 0.6 is 34.8 Å². The van der Waals surface area contributed by atoms with Crippen molar-refractivity contribution < 1.29 is 9.53 Å². The molecule has 0 atom stereocenters. The fraction of sp³-hybridized carbons (Fsp3) is 0.133. The fourth-order valence-electron chi connectivity index (χ4n) is 1.83. The lowest BCUT2D eigenvalue weighted by atomic mass is 10.0. The number of ether oxygens (including phenoxy) is 1. The minimum Gasteiger partial charge on any atom is -0.492 e. The first kappa shape index (κ1) is 16.0. The number of rotatable bonds is 4. The molecule has 0 saturated carbocycles. The van der Waals surface area contributed by atoms with Crippen molar-refractivity contribution in [2.24, 2.45) is 0 Å². The summed E-state index contributed by atoms with van der Waals surface area (Å²) in [7, 11) is 0. The van der Waals surface area contributed by atoms with Crippen LogP contribution in [0, 0.1) is 0 Å². The first-order chi connectivity index (χ1) is 9.93. The van der Waals surface area contributed by atoms with E-state index in [1.807, 2.05) is 6.92 Å². The molecule has 2 rings (SSSR count). The quantitative estimate of drug-likeness (QED) is 0.636. The maximum atomic E-state index is 12.5. The van der Waals surface area contributed by atoms with Gasteiger partial charge in [-0.3, -0.25) is 4.79 Å². The van der Waals surface area contributed by atoms with Gasteiger partial charge < -0.3 is 10.5 Å². The van der Waals surface area contributed by atoms with Crippen LogP contribution in [0.5, 0.6) is 5.75 Å². The molecule has 0 unspecified atom stereocenters. The van der Waals surface area contributed by atoms with Gasteiger partial charge in [-0.25, -0.2) is 0 Å². The summed E-state index contributed by atoms with van der Waals surface area (Å²) in [5.74, 6) is 0.0848. The fourth-order valence-corrected chi connectivity index (χ4v) is 2.49. The maximum absolute atomic E-state index is 12.5. The summed E-state index contributed by atoms with van der Waals surface area (Å²) < 4.78 is 5.33. The molecule has 0 saturated heterocycles. The van der Waals surface area contributed by atoms with Crippen LogP contribution in [0.25, 0.3) is 0 Å². The van der Waals surface area contributed by atoms with Gasteiger partial charge >= 0.3 is 0 Å². The average molecular weight is 345 g/mol. The number of nitrogens with two attached hydrogens (primary N) is 1. The molecule has 3 nitrogen and oxygen atoms in total. The molecule has 0 aliphatic rings. The van der Waals surface area contributed by atoms with E-state index in [4.69, 9.17) is 45.3 Å². The van der Waals surface area contributed by atoms with E-state index >= 15 is 0 Å². The minimum absolute atomic E-state index is 0.242. The Morgan fingerprint density at radius 3 is 2.38 bits per heavy atom. The average Bonchev–Trinajstić information content (AvgIpc) is 2.44. The Labute approximate surface area is 137 Å². The molecular formula is C15H12Cl3NO2. The second kappa shape index (κ2) is 6.56. The first-order valence-corrected chi connectivity index (χ1v) is 7.29. The topological polar surface area (TPSA) is 52.3 Å². The summed E-state index contributed by atoms with van der Waals surface area (Å²) in [6.45, 7) is 2.28. The third kappa shape index (κ3) is 3.43. The summed E-state index contributed by atoms with van der Waals surface area (Å²) >= 11 is 18.3. The molecule has 6 heteroatoms. The summed E-state index contributed by atoms with van der Waals surface area (Å²) in [6, 6.07) is 7.67. The molecule has 110 valence electrons. The Morgan fingerprint density at radius 2 is 1.71 bits per heavy atom. The summed E-state index contributed by atoms with van der Waals surface area (Å²) in [5, 5.41) is 0.853. The van der Waals surface area contributed by atoms with Crippen LogP contribution in [0.15, 0.2) is 30.3 Å². The third-order valence-electron chi connectivity index (χ3n) is 2.80. The van der Waals surface area contributed by atoms with Crippen molar-refractivity contribution >= 4 is 46.3 Å². The maximum Gasteiger partial charge on any atom is 0.196 e. The van der Waals surface area contributed by atoms with Crippen LogP contribution in [0.3, 0.4) is 0 Å². The van der Waals surface area contributed by atoms with E-state index in [1.54, 1.807) is 12.1 Å². The lowest BCUT2D eigenvalue weighted by Crippen LogP contribution is -2.05. The van der Waals surface area contributed by atoms with Gasteiger partial charge in [-0.05, 0) is 31.2 Å². The molecule has 0 fully saturated rings. The van der Waals surface area contributed by atoms with E-state index in [-0.39, 0.29) is 21.9 Å². The van der Waals surface area contributed by atoms with Crippen molar-refractivity contribution in [3.8, 4) is 5.75 Å². The number of halogens is 3. The lowest BCUT2D eigenvalue weighted by molar-refractivity contribution is 0.103. The second-order valence-electron chi connectivity index (χ2n) is 4.26. The highest BCUT2D eigenvalue weighted by Crippen LogP contribution is 2.33. The highest BCUT2D eigenvalue weighted by atomic mass is 35.5. The largest absolute Gasteiger partial charge is 0.492 e. The molecule has 0 radical (unpaired) electrons. The van der Waals surface area contributed by atoms with Gasteiger partial charge in [0, 0.05) is 22.9 Å². The van der Waals surface area contributed by atoms with Crippen molar-refractivity contribution in [3.63, 3.8) is 0 Å². The molecule has 21 heavy (non-hydrogen) atoms. The highest BCUT2D eigenvalue weighted by Gasteiger charge is 2.18. The van der Waals surface area contributed by atoms with E-state index in [2.05, 4.69) is 0 Å². The highest BCUT2D eigenvalue weighted by molar-refractivity contribution is 6.39. The summed E-state index contributed by atoms with van der Waals surface area (Å²) in [6.07, 6.45) is 0.